The first-order valence-corrected chi connectivity index (χ1v) is 13.5. The van der Waals surface area contributed by atoms with Crippen LogP contribution in [-0.2, 0) is 12.8 Å². The third-order valence-electron chi connectivity index (χ3n) is 7.55. The summed E-state index contributed by atoms with van der Waals surface area (Å²) in [4.78, 5) is 18.2. The van der Waals surface area contributed by atoms with Crippen LogP contribution in [0.5, 0.6) is 0 Å². The van der Waals surface area contributed by atoms with Crippen LogP contribution in [-0.4, -0.2) is 43.4 Å². The summed E-state index contributed by atoms with van der Waals surface area (Å²) in [6.07, 6.45) is 1.15. The third-order valence-corrected chi connectivity index (χ3v) is 7.55. The predicted molar refractivity (Wildman–Crippen MR) is 161 cm³/mol. The molecule has 3 atom stereocenters. The molecule has 6 nitrogen and oxygen atoms in total. The van der Waals surface area contributed by atoms with E-state index in [1.54, 1.807) is 9.80 Å². The Morgan fingerprint density at radius 2 is 1.18 bits per heavy atom. The molecule has 1 fully saturated rings. The van der Waals surface area contributed by atoms with Crippen molar-refractivity contribution >= 4 is 28.8 Å². The molecule has 0 saturated carbocycles. The molecule has 5 rings (SSSR count). The smallest absolute Gasteiger partial charge is 0.329 e. The lowest BCUT2D eigenvalue weighted by molar-refractivity contribution is 0.0958. The van der Waals surface area contributed by atoms with Gasteiger partial charge in [0.25, 0.3) is 0 Å². The van der Waals surface area contributed by atoms with Gasteiger partial charge in [0.1, 0.15) is 0 Å². The molecule has 200 valence electrons. The van der Waals surface area contributed by atoms with E-state index in [9.17, 15) is 9.90 Å². The van der Waals surface area contributed by atoms with E-state index in [4.69, 9.17) is 0 Å². The summed E-state index contributed by atoms with van der Waals surface area (Å²) in [5.41, 5.74) is 5.59. The van der Waals surface area contributed by atoms with E-state index in [0.29, 0.717) is 12.8 Å². The molecule has 1 saturated heterocycles. The zero-order valence-electron chi connectivity index (χ0n) is 22.5. The van der Waals surface area contributed by atoms with Gasteiger partial charge in [-0.15, -0.1) is 0 Å². The molecule has 39 heavy (non-hydrogen) atoms. The minimum atomic E-state index is -0.789. The number of benzene rings is 4. The number of urea groups is 1. The summed E-state index contributed by atoms with van der Waals surface area (Å²) in [7, 11) is 3.73. The number of hydrogen-bond acceptors (Lipinski definition) is 4. The van der Waals surface area contributed by atoms with Crippen LogP contribution in [0.4, 0.5) is 27.5 Å². The number of carbonyl (C=O) groups excluding carboxylic acids is 1. The number of hydrogen-bond donors (Lipinski definition) is 3. The number of amides is 2. The van der Waals surface area contributed by atoms with Crippen molar-refractivity contribution in [3.8, 4) is 0 Å². The highest BCUT2D eigenvalue weighted by Gasteiger charge is 2.47. The molecule has 0 unspecified atom stereocenters. The molecule has 3 N–H and O–H groups in total. The fraction of sp³-hybridized carbons (Fsp3) is 0.242. The van der Waals surface area contributed by atoms with E-state index in [-0.39, 0.29) is 6.03 Å². The molecule has 1 heterocycles. The normalized spacial score (nSPS) is 19.2. The van der Waals surface area contributed by atoms with Crippen molar-refractivity contribution in [3.05, 3.63) is 120 Å². The second-order valence-corrected chi connectivity index (χ2v) is 9.96. The lowest BCUT2D eigenvalue weighted by atomic mass is 9.87. The number of aliphatic hydroxyl groups is 1. The van der Waals surface area contributed by atoms with Crippen molar-refractivity contribution in [1.82, 2.24) is 0 Å². The minimum Gasteiger partial charge on any atom is -0.389 e. The monoisotopic (exact) mass is 520 g/mol. The average Bonchev–Trinajstić information content (AvgIpc) is 2.99. The van der Waals surface area contributed by atoms with Crippen molar-refractivity contribution in [2.75, 3.05) is 34.5 Å². The van der Waals surface area contributed by atoms with E-state index in [1.165, 1.54) is 5.56 Å². The van der Waals surface area contributed by atoms with Gasteiger partial charge in [0, 0.05) is 36.8 Å². The van der Waals surface area contributed by atoms with Crippen LogP contribution in [0.15, 0.2) is 109 Å². The Labute approximate surface area is 230 Å². The van der Waals surface area contributed by atoms with Crippen LogP contribution in [0.2, 0.25) is 0 Å². The highest BCUT2D eigenvalue weighted by Crippen LogP contribution is 2.36. The number of nitrogens with one attached hydrogen (secondary N) is 2. The van der Waals surface area contributed by atoms with Gasteiger partial charge >= 0.3 is 6.03 Å². The maximum absolute atomic E-state index is 14.6. The molecule has 0 spiro atoms. The van der Waals surface area contributed by atoms with Crippen molar-refractivity contribution < 1.29 is 9.90 Å². The number of aryl methyl sites for hydroxylation is 1. The summed E-state index contributed by atoms with van der Waals surface area (Å²) in [6.45, 7) is 0. The van der Waals surface area contributed by atoms with Gasteiger partial charge in [0.2, 0.25) is 0 Å². The largest absolute Gasteiger partial charge is 0.389 e. The number of nitrogens with zero attached hydrogens (tertiary/aromatic N) is 2. The molecule has 0 bridgehead atoms. The van der Waals surface area contributed by atoms with E-state index in [2.05, 4.69) is 34.9 Å². The molecule has 6 heteroatoms. The molecule has 4 aromatic rings. The Morgan fingerprint density at radius 1 is 0.667 bits per heavy atom. The molecule has 2 amide bonds. The molecular formula is C33H36N4O2. The van der Waals surface area contributed by atoms with Gasteiger partial charge in [-0.1, -0.05) is 72.8 Å². The topological polar surface area (TPSA) is 67.8 Å². The van der Waals surface area contributed by atoms with Crippen LogP contribution in [0, 0.1) is 0 Å². The Hall–Kier alpha value is -4.29. The van der Waals surface area contributed by atoms with Crippen LogP contribution in [0.1, 0.15) is 17.5 Å². The first-order valence-electron chi connectivity index (χ1n) is 13.5. The van der Waals surface area contributed by atoms with Crippen molar-refractivity contribution in [2.45, 2.75) is 37.5 Å². The maximum Gasteiger partial charge on any atom is 0.329 e. The Balaban J connectivity index is 1.60. The molecule has 1 aliphatic heterocycles. The second-order valence-electron chi connectivity index (χ2n) is 9.96. The van der Waals surface area contributed by atoms with E-state index in [1.807, 2.05) is 99.0 Å². The number of aliphatic hydroxyl groups excluding tert-OH is 1. The Kier molecular flexibility index (Phi) is 8.13. The van der Waals surface area contributed by atoms with Gasteiger partial charge in [0.15, 0.2) is 0 Å². The van der Waals surface area contributed by atoms with E-state index in [0.717, 1.165) is 34.7 Å². The quantitative estimate of drug-likeness (QED) is 0.246. The number of anilines is 4. The maximum atomic E-state index is 14.6. The number of carbonyl (C=O) groups is 1. The average molecular weight is 521 g/mol. The minimum absolute atomic E-state index is 0.138. The first kappa shape index (κ1) is 26.3. The van der Waals surface area contributed by atoms with E-state index < -0.39 is 18.2 Å². The van der Waals surface area contributed by atoms with Gasteiger partial charge in [0.05, 0.1) is 18.2 Å². The molecule has 0 aliphatic carbocycles. The van der Waals surface area contributed by atoms with Gasteiger partial charge in [-0.2, -0.15) is 0 Å². The number of rotatable bonds is 9. The fourth-order valence-corrected chi connectivity index (χ4v) is 5.51. The van der Waals surface area contributed by atoms with Crippen LogP contribution in [0.3, 0.4) is 0 Å². The van der Waals surface area contributed by atoms with Gasteiger partial charge in [-0.25, -0.2) is 4.79 Å². The highest BCUT2D eigenvalue weighted by atomic mass is 16.3. The molecule has 0 aromatic heterocycles. The first-order chi connectivity index (χ1) is 19.1. The highest BCUT2D eigenvalue weighted by molar-refractivity contribution is 6.06. The van der Waals surface area contributed by atoms with Crippen molar-refractivity contribution in [2.24, 2.45) is 0 Å². The Morgan fingerprint density at radius 3 is 1.72 bits per heavy atom. The van der Waals surface area contributed by atoms with Crippen LogP contribution in [0.25, 0.3) is 0 Å². The Bertz CT molecular complexity index is 1380. The van der Waals surface area contributed by atoms with Gasteiger partial charge in [-0.05, 0) is 66.8 Å². The van der Waals surface area contributed by atoms with Gasteiger partial charge < -0.3 is 15.7 Å². The van der Waals surface area contributed by atoms with Crippen molar-refractivity contribution in [1.29, 1.82) is 0 Å². The predicted octanol–water partition coefficient (Wildman–Crippen LogP) is 6.19. The molecule has 1 aliphatic rings. The molecular weight excluding hydrogens is 484 g/mol. The second kappa shape index (κ2) is 12.0. The summed E-state index contributed by atoms with van der Waals surface area (Å²) < 4.78 is 0. The lowest BCUT2D eigenvalue weighted by Gasteiger charge is -2.49. The third kappa shape index (κ3) is 5.76. The fourth-order valence-electron chi connectivity index (χ4n) is 5.51. The van der Waals surface area contributed by atoms with Crippen molar-refractivity contribution in [3.63, 3.8) is 0 Å². The molecule has 0 radical (unpaired) electrons. The zero-order valence-corrected chi connectivity index (χ0v) is 22.5. The van der Waals surface area contributed by atoms with Crippen LogP contribution < -0.4 is 20.4 Å². The summed E-state index contributed by atoms with van der Waals surface area (Å²) in [5, 5.41) is 18.5. The summed E-state index contributed by atoms with van der Waals surface area (Å²) in [5.74, 6) is 0. The zero-order chi connectivity index (χ0) is 27.2. The standard InChI is InChI=1S/C33H36N4O2/c1-34-26-15-9-17-28(22-26)36-30(20-19-24-11-5-3-6-12-24)32(38)31(21-25-13-7-4-8-14-25)37(33(36)39)29-18-10-16-27(23-29)35-2/h3-18,22-23,30-32,34-35,38H,19-21H2,1-2H3/t30-,31-,32-/m1/s1. The van der Waals surface area contributed by atoms with E-state index >= 15 is 0 Å². The summed E-state index contributed by atoms with van der Waals surface area (Å²) in [6, 6.07) is 35.0. The van der Waals surface area contributed by atoms with Gasteiger partial charge in [-0.3, -0.25) is 9.80 Å². The summed E-state index contributed by atoms with van der Waals surface area (Å²) >= 11 is 0. The lowest BCUT2D eigenvalue weighted by Crippen LogP contribution is -2.67. The molecule has 4 aromatic carbocycles. The SMILES string of the molecule is CNc1cccc(N2C(=O)N(c3cccc(NC)c3)[C@H](Cc3ccccc3)[C@H](O)[C@H]2CCc2ccccc2)c1. The van der Waals surface area contributed by atoms with Crippen LogP contribution >= 0.6 is 0 Å².